The van der Waals surface area contributed by atoms with Gasteiger partial charge in [-0.3, -0.25) is 10.1 Å². The highest BCUT2D eigenvalue weighted by atomic mass is 32.1. The number of carbonyl (C=O) groups excluding carboxylic acids is 1. The van der Waals surface area contributed by atoms with E-state index in [1.54, 1.807) is 5.32 Å². The number of anilines is 1. The molecule has 0 spiro atoms. The van der Waals surface area contributed by atoms with E-state index in [9.17, 15) is 31.1 Å². The first kappa shape index (κ1) is 19.5. The van der Waals surface area contributed by atoms with E-state index in [1.807, 2.05) is 0 Å². The van der Waals surface area contributed by atoms with Crippen LogP contribution in [0, 0.1) is 34.9 Å². The lowest BCUT2D eigenvalue weighted by atomic mass is 10.1. The number of nitrogens with one attached hydrogen (secondary N) is 2. The Morgan fingerprint density at radius 2 is 1.58 bits per heavy atom. The van der Waals surface area contributed by atoms with Crippen molar-refractivity contribution in [3.05, 3.63) is 58.7 Å². The highest BCUT2D eigenvalue weighted by Crippen LogP contribution is 2.29. The minimum absolute atomic E-state index is 0.357. The Kier molecular flexibility index (Phi) is 5.70. The second kappa shape index (κ2) is 7.60. The van der Waals surface area contributed by atoms with Crippen molar-refractivity contribution >= 4 is 28.9 Å². The van der Waals surface area contributed by atoms with Crippen molar-refractivity contribution < 1.29 is 35.9 Å². The number of methoxy groups -OCH3 is 1. The highest BCUT2D eigenvalue weighted by molar-refractivity contribution is 7.80. The number of ether oxygens (including phenoxy) is 1. The fourth-order valence-electron chi connectivity index (χ4n) is 1.90. The molecule has 138 valence electrons. The molecule has 0 saturated carbocycles. The van der Waals surface area contributed by atoms with Gasteiger partial charge in [0.15, 0.2) is 22.5 Å². The summed E-state index contributed by atoms with van der Waals surface area (Å²) in [5.41, 5.74) is -1.95. The Bertz CT molecular complexity index is 877. The molecule has 0 unspecified atom stereocenters. The van der Waals surface area contributed by atoms with Crippen molar-refractivity contribution in [2.24, 2.45) is 0 Å². The Hall–Kier alpha value is -2.82. The summed E-state index contributed by atoms with van der Waals surface area (Å²) in [5.74, 6) is -12.8. The topological polar surface area (TPSA) is 50.4 Å². The van der Waals surface area contributed by atoms with Crippen LogP contribution in [-0.2, 0) is 0 Å². The van der Waals surface area contributed by atoms with Crippen LogP contribution in [0.25, 0.3) is 0 Å². The summed E-state index contributed by atoms with van der Waals surface area (Å²) < 4.78 is 85.4. The smallest absolute Gasteiger partial charge is 0.263 e. The van der Waals surface area contributed by atoms with E-state index in [4.69, 9.17) is 0 Å². The first-order valence-corrected chi connectivity index (χ1v) is 7.05. The third kappa shape index (κ3) is 3.72. The normalized spacial score (nSPS) is 10.4. The molecule has 0 heterocycles. The molecule has 0 radical (unpaired) electrons. The van der Waals surface area contributed by atoms with Crippen LogP contribution in [0.15, 0.2) is 18.2 Å². The number of amides is 1. The second-order valence-electron chi connectivity index (χ2n) is 4.70. The predicted octanol–water partition coefficient (Wildman–Crippen LogP) is 3.66. The summed E-state index contributed by atoms with van der Waals surface area (Å²) in [6.07, 6.45) is 0. The number of carbonyl (C=O) groups is 1. The molecule has 2 aromatic rings. The molecule has 0 bridgehead atoms. The van der Waals surface area contributed by atoms with Gasteiger partial charge in [-0.25, -0.2) is 17.6 Å². The van der Waals surface area contributed by atoms with Crippen molar-refractivity contribution in [1.82, 2.24) is 5.32 Å². The lowest BCUT2D eigenvalue weighted by molar-refractivity contribution is 0.0966. The monoisotopic (exact) mass is 394 g/mol. The molecule has 2 aromatic carbocycles. The van der Waals surface area contributed by atoms with Crippen molar-refractivity contribution in [2.75, 3.05) is 12.4 Å². The first-order chi connectivity index (χ1) is 12.2. The molecule has 0 fully saturated rings. The maximum atomic E-state index is 13.8. The van der Waals surface area contributed by atoms with Gasteiger partial charge in [0.25, 0.3) is 5.91 Å². The first-order valence-electron chi connectivity index (χ1n) is 6.64. The summed E-state index contributed by atoms with van der Waals surface area (Å²) in [6, 6.07) is 2.33. The number of halogens is 6. The molecule has 0 aliphatic rings. The van der Waals surface area contributed by atoms with Gasteiger partial charge in [-0.1, -0.05) is 0 Å². The third-order valence-electron chi connectivity index (χ3n) is 3.06. The third-order valence-corrected chi connectivity index (χ3v) is 3.26. The molecule has 2 N–H and O–H groups in total. The fraction of sp³-hybridized carbons (Fsp3) is 0.0667. The average Bonchev–Trinajstić information content (AvgIpc) is 2.56. The lowest BCUT2D eigenvalue weighted by Gasteiger charge is -2.13. The Morgan fingerprint density at radius 1 is 1.00 bits per heavy atom. The van der Waals surface area contributed by atoms with E-state index in [1.165, 1.54) is 0 Å². The maximum Gasteiger partial charge on any atom is 0.263 e. The number of hydrogen-bond donors (Lipinski definition) is 2. The van der Waals surface area contributed by atoms with Crippen LogP contribution in [0.5, 0.6) is 5.75 Å². The molecule has 11 heteroatoms. The summed E-state index contributed by atoms with van der Waals surface area (Å²) in [6.45, 7) is 0. The number of hydrogen-bond acceptors (Lipinski definition) is 3. The highest BCUT2D eigenvalue weighted by Gasteiger charge is 2.30. The van der Waals surface area contributed by atoms with E-state index >= 15 is 0 Å². The van der Waals surface area contributed by atoms with Crippen LogP contribution in [0.2, 0.25) is 0 Å². The molecule has 2 rings (SSSR count). The van der Waals surface area contributed by atoms with Crippen molar-refractivity contribution in [3.8, 4) is 5.75 Å². The lowest BCUT2D eigenvalue weighted by Crippen LogP contribution is -2.35. The van der Waals surface area contributed by atoms with Gasteiger partial charge in [0, 0.05) is 6.07 Å². The van der Waals surface area contributed by atoms with Gasteiger partial charge in [-0.05, 0) is 24.4 Å². The van der Waals surface area contributed by atoms with E-state index in [0.29, 0.717) is 6.07 Å². The van der Waals surface area contributed by atoms with Gasteiger partial charge >= 0.3 is 0 Å². The number of thiocarbonyl (C=S) groups is 1. The van der Waals surface area contributed by atoms with E-state index in [-0.39, 0.29) is 5.69 Å². The Labute approximate surface area is 147 Å². The number of benzene rings is 2. The van der Waals surface area contributed by atoms with Gasteiger partial charge in [0.05, 0.1) is 12.8 Å². The summed E-state index contributed by atoms with van der Waals surface area (Å²) >= 11 is 4.65. The SMILES string of the molecule is COc1c(F)c(F)c(C(=O)NC(=S)Nc2ccc(F)cc2F)c(F)c1F. The molecule has 0 aliphatic heterocycles. The molecule has 0 atom stereocenters. The maximum absolute atomic E-state index is 13.8. The molecule has 1 amide bonds. The molecular weight excluding hydrogens is 386 g/mol. The van der Waals surface area contributed by atoms with E-state index in [0.717, 1.165) is 19.2 Å². The van der Waals surface area contributed by atoms with Crippen LogP contribution in [0.3, 0.4) is 0 Å². The van der Waals surface area contributed by atoms with Crippen LogP contribution >= 0.6 is 12.2 Å². The van der Waals surface area contributed by atoms with Crippen molar-refractivity contribution in [2.45, 2.75) is 0 Å². The van der Waals surface area contributed by atoms with Crippen molar-refractivity contribution in [1.29, 1.82) is 0 Å². The zero-order valence-electron chi connectivity index (χ0n) is 12.7. The zero-order valence-corrected chi connectivity index (χ0v) is 13.5. The molecule has 0 saturated heterocycles. The van der Waals surface area contributed by atoms with Gasteiger partial charge in [-0.15, -0.1) is 0 Å². The fourth-order valence-corrected chi connectivity index (χ4v) is 2.10. The standard InChI is InChI=1S/C15H8F6N2O2S/c1-25-13-11(20)9(18)8(10(19)12(13)21)14(24)23-15(26)22-7-3-2-5(16)4-6(7)17/h2-4H,1H3,(H2,22,23,24,26). The number of rotatable bonds is 3. The molecule has 4 nitrogen and oxygen atoms in total. The van der Waals surface area contributed by atoms with Gasteiger partial charge in [-0.2, -0.15) is 8.78 Å². The largest absolute Gasteiger partial charge is 0.491 e. The van der Waals surface area contributed by atoms with Crippen LogP contribution in [-0.4, -0.2) is 18.1 Å². The summed E-state index contributed by atoms with van der Waals surface area (Å²) in [4.78, 5) is 11.9. The van der Waals surface area contributed by atoms with Crippen LogP contribution < -0.4 is 15.4 Å². The average molecular weight is 394 g/mol. The molecule has 26 heavy (non-hydrogen) atoms. The second-order valence-corrected chi connectivity index (χ2v) is 5.10. The molecular formula is C15H8F6N2O2S. The Morgan fingerprint density at radius 3 is 2.08 bits per heavy atom. The Balaban J connectivity index is 2.26. The van der Waals surface area contributed by atoms with Gasteiger partial charge in [0.2, 0.25) is 11.6 Å². The van der Waals surface area contributed by atoms with E-state index < -0.39 is 57.2 Å². The summed E-state index contributed by atoms with van der Waals surface area (Å²) in [7, 11) is 0.774. The summed E-state index contributed by atoms with van der Waals surface area (Å²) in [5, 5.41) is 3.20. The zero-order chi connectivity index (χ0) is 19.6. The minimum Gasteiger partial charge on any atom is -0.491 e. The van der Waals surface area contributed by atoms with E-state index in [2.05, 4.69) is 22.3 Å². The van der Waals surface area contributed by atoms with Crippen LogP contribution in [0.1, 0.15) is 10.4 Å². The quantitative estimate of drug-likeness (QED) is 0.474. The van der Waals surface area contributed by atoms with Gasteiger partial charge in [0.1, 0.15) is 17.2 Å². The predicted molar refractivity (Wildman–Crippen MR) is 82.9 cm³/mol. The van der Waals surface area contributed by atoms with Gasteiger partial charge < -0.3 is 10.1 Å². The van der Waals surface area contributed by atoms with Crippen molar-refractivity contribution in [3.63, 3.8) is 0 Å². The van der Waals surface area contributed by atoms with Crippen LogP contribution in [0.4, 0.5) is 32.0 Å². The minimum atomic E-state index is -2.01. The molecule has 0 aromatic heterocycles. The molecule has 0 aliphatic carbocycles.